The Bertz CT molecular complexity index is 420. The molecule has 4 heteroatoms. The molecule has 0 aliphatic carbocycles. The molecule has 1 saturated heterocycles. The second-order valence-electron chi connectivity index (χ2n) is 4.13. The van der Waals surface area contributed by atoms with E-state index in [0.717, 1.165) is 26.1 Å². The molecule has 0 amide bonds. The molecular formula is C13H15FN2O. The molecule has 0 radical (unpaired) electrons. The molecule has 0 unspecified atom stereocenters. The predicted octanol–water partition coefficient (Wildman–Crippen LogP) is 1.92. The fraction of sp³-hybridized carbons (Fsp3) is 0.462. The standard InChI is InChI=1S/C13H15FN2O/c14-13-11(9-15)3-1-4-12(13)10-16-5-2-7-17-8-6-16/h1,3-4H,2,5-8,10H2. The van der Waals surface area contributed by atoms with Crippen molar-refractivity contribution in [3.8, 4) is 6.07 Å². The summed E-state index contributed by atoms with van der Waals surface area (Å²) in [5.74, 6) is -0.389. The Morgan fingerprint density at radius 3 is 3.06 bits per heavy atom. The van der Waals surface area contributed by atoms with Crippen molar-refractivity contribution in [2.75, 3.05) is 26.3 Å². The van der Waals surface area contributed by atoms with E-state index in [4.69, 9.17) is 10.00 Å². The molecule has 0 saturated carbocycles. The van der Waals surface area contributed by atoms with Gasteiger partial charge >= 0.3 is 0 Å². The maximum atomic E-state index is 13.8. The van der Waals surface area contributed by atoms with Gasteiger partial charge in [-0.05, 0) is 12.5 Å². The first kappa shape index (κ1) is 12.0. The van der Waals surface area contributed by atoms with Gasteiger partial charge in [0.2, 0.25) is 0 Å². The van der Waals surface area contributed by atoms with Gasteiger partial charge in [-0.25, -0.2) is 4.39 Å². The van der Waals surface area contributed by atoms with Gasteiger partial charge in [0.1, 0.15) is 11.9 Å². The summed E-state index contributed by atoms with van der Waals surface area (Å²) in [5, 5.41) is 8.77. The summed E-state index contributed by atoms with van der Waals surface area (Å²) in [4.78, 5) is 2.16. The molecule has 90 valence electrons. The molecule has 0 atom stereocenters. The molecule has 1 aliphatic rings. The lowest BCUT2D eigenvalue weighted by Crippen LogP contribution is -2.26. The normalized spacial score (nSPS) is 17.4. The van der Waals surface area contributed by atoms with Crippen molar-refractivity contribution in [2.24, 2.45) is 0 Å². The van der Waals surface area contributed by atoms with Gasteiger partial charge in [0.15, 0.2) is 0 Å². The maximum absolute atomic E-state index is 13.8. The third-order valence-corrected chi connectivity index (χ3v) is 2.91. The van der Waals surface area contributed by atoms with Gasteiger partial charge in [0.25, 0.3) is 0 Å². The third-order valence-electron chi connectivity index (χ3n) is 2.91. The summed E-state index contributed by atoms with van der Waals surface area (Å²) >= 11 is 0. The van der Waals surface area contributed by atoms with Gasteiger partial charge in [-0.1, -0.05) is 12.1 Å². The summed E-state index contributed by atoms with van der Waals surface area (Å²) < 4.78 is 19.2. The summed E-state index contributed by atoms with van der Waals surface area (Å²) in [5.41, 5.74) is 0.708. The van der Waals surface area contributed by atoms with Gasteiger partial charge in [-0.2, -0.15) is 5.26 Å². The van der Waals surface area contributed by atoms with Crippen LogP contribution >= 0.6 is 0 Å². The average molecular weight is 234 g/mol. The van der Waals surface area contributed by atoms with Crippen LogP contribution < -0.4 is 0 Å². The SMILES string of the molecule is N#Cc1cccc(CN2CCCOCC2)c1F. The number of hydrogen-bond donors (Lipinski definition) is 0. The van der Waals surface area contributed by atoms with Crippen LogP contribution in [0.25, 0.3) is 0 Å². The number of halogens is 1. The van der Waals surface area contributed by atoms with E-state index < -0.39 is 0 Å². The maximum Gasteiger partial charge on any atom is 0.145 e. The van der Waals surface area contributed by atoms with Crippen LogP contribution in [0.5, 0.6) is 0 Å². The second kappa shape index (κ2) is 5.76. The zero-order valence-corrected chi connectivity index (χ0v) is 9.66. The van der Waals surface area contributed by atoms with Gasteiger partial charge in [0, 0.05) is 31.8 Å². The van der Waals surface area contributed by atoms with E-state index >= 15 is 0 Å². The highest BCUT2D eigenvalue weighted by atomic mass is 19.1. The third kappa shape index (κ3) is 3.02. The highest BCUT2D eigenvalue weighted by Crippen LogP contribution is 2.15. The molecule has 1 heterocycles. The van der Waals surface area contributed by atoms with Crippen LogP contribution in [0.15, 0.2) is 18.2 Å². The summed E-state index contributed by atoms with van der Waals surface area (Å²) in [6, 6.07) is 6.84. The molecule has 1 fully saturated rings. The molecule has 3 nitrogen and oxygen atoms in total. The van der Waals surface area contributed by atoms with Crippen molar-refractivity contribution in [1.82, 2.24) is 4.90 Å². The Balaban J connectivity index is 2.10. The molecule has 2 rings (SSSR count). The Labute approximate surface area is 100 Å². The van der Waals surface area contributed by atoms with E-state index in [2.05, 4.69) is 4.90 Å². The van der Waals surface area contributed by atoms with Crippen LogP contribution in [-0.4, -0.2) is 31.2 Å². The highest BCUT2D eigenvalue weighted by Gasteiger charge is 2.13. The highest BCUT2D eigenvalue weighted by molar-refractivity contribution is 5.34. The first-order valence-corrected chi connectivity index (χ1v) is 5.79. The van der Waals surface area contributed by atoms with Crippen LogP contribution in [-0.2, 0) is 11.3 Å². The average Bonchev–Trinajstić information content (AvgIpc) is 2.60. The number of nitriles is 1. The molecule has 1 aromatic rings. The zero-order chi connectivity index (χ0) is 12.1. The van der Waals surface area contributed by atoms with Crippen molar-refractivity contribution >= 4 is 0 Å². The van der Waals surface area contributed by atoms with Crippen molar-refractivity contribution in [1.29, 1.82) is 5.26 Å². The number of benzene rings is 1. The van der Waals surface area contributed by atoms with Gasteiger partial charge < -0.3 is 4.74 Å². The van der Waals surface area contributed by atoms with Crippen molar-refractivity contribution in [2.45, 2.75) is 13.0 Å². The minimum Gasteiger partial charge on any atom is -0.380 e. The van der Waals surface area contributed by atoms with E-state index in [0.29, 0.717) is 18.7 Å². The van der Waals surface area contributed by atoms with Crippen LogP contribution in [0.4, 0.5) is 4.39 Å². The van der Waals surface area contributed by atoms with Crippen LogP contribution in [0.2, 0.25) is 0 Å². The van der Waals surface area contributed by atoms with E-state index in [-0.39, 0.29) is 11.4 Å². The number of nitrogens with zero attached hydrogens (tertiary/aromatic N) is 2. The molecular weight excluding hydrogens is 219 g/mol. The van der Waals surface area contributed by atoms with Crippen LogP contribution in [0.1, 0.15) is 17.5 Å². The lowest BCUT2D eigenvalue weighted by atomic mass is 10.1. The van der Waals surface area contributed by atoms with E-state index in [1.54, 1.807) is 12.1 Å². The lowest BCUT2D eigenvalue weighted by molar-refractivity contribution is 0.140. The largest absolute Gasteiger partial charge is 0.380 e. The number of ether oxygens (including phenoxy) is 1. The Hall–Kier alpha value is -1.44. The first-order valence-electron chi connectivity index (χ1n) is 5.79. The minimum atomic E-state index is -0.389. The second-order valence-corrected chi connectivity index (χ2v) is 4.13. The monoisotopic (exact) mass is 234 g/mol. The van der Waals surface area contributed by atoms with E-state index in [1.165, 1.54) is 6.07 Å². The fourth-order valence-corrected chi connectivity index (χ4v) is 1.99. The molecule has 0 N–H and O–H groups in total. The van der Waals surface area contributed by atoms with Gasteiger partial charge in [0.05, 0.1) is 12.2 Å². The van der Waals surface area contributed by atoms with E-state index in [1.807, 2.05) is 6.07 Å². The summed E-state index contributed by atoms with van der Waals surface area (Å²) in [6.45, 7) is 3.74. The van der Waals surface area contributed by atoms with Crippen LogP contribution in [0.3, 0.4) is 0 Å². The van der Waals surface area contributed by atoms with Crippen molar-refractivity contribution in [3.63, 3.8) is 0 Å². The molecule has 0 aromatic heterocycles. The first-order chi connectivity index (χ1) is 8.31. The quantitative estimate of drug-likeness (QED) is 0.784. The number of rotatable bonds is 2. The molecule has 0 bridgehead atoms. The zero-order valence-electron chi connectivity index (χ0n) is 9.66. The molecule has 1 aromatic carbocycles. The summed E-state index contributed by atoms with van der Waals surface area (Å²) in [7, 11) is 0. The molecule has 17 heavy (non-hydrogen) atoms. The number of hydrogen-bond acceptors (Lipinski definition) is 3. The molecule has 0 spiro atoms. The minimum absolute atomic E-state index is 0.119. The Morgan fingerprint density at radius 1 is 1.35 bits per heavy atom. The predicted molar refractivity (Wildman–Crippen MR) is 61.8 cm³/mol. The van der Waals surface area contributed by atoms with Crippen molar-refractivity contribution < 1.29 is 9.13 Å². The van der Waals surface area contributed by atoms with Crippen molar-refractivity contribution in [3.05, 3.63) is 35.1 Å². The summed E-state index contributed by atoms with van der Waals surface area (Å²) in [6.07, 6.45) is 0.972. The lowest BCUT2D eigenvalue weighted by Gasteiger charge is -2.19. The van der Waals surface area contributed by atoms with Gasteiger partial charge in [-0.15, -0.1) is 0 Å². The smallest absolute Gasteiger partial charge is 0.145 e. The van der Waals surface area contributed by atoms with E-state index in [9.17, 15) is 4.39 Å². The Kier molecular flexibility index (Phi) is 4.08. The topological polar surface area (TPSA) is 36.3 Å². The Morgan fingerprint density at radius 2 is 2.24 bits per heavy atom. The van der Waals surface area contributed by atoms with Crippen LogP contribution in [0, 0.1) is 17.1 Å². The fourth-order valence-electron chi connectivity index (χ4n) is 1.99. The molecule has 1 aliphatic heterocycles. The van der Waals surface area contributed by atoms with Gasteiger partial charge in [-0.3, -0.25) is 4.90 Å².